The number of pyridine rings is 1. The van der Waals surface area contributed by atoms with Crippen molar-refractivity contribution in [2.24, 2.45) is 0 Å². The molecule has 2 N–H and O–H groups in total. The van der Waals surface area contributed by atoms with Gasteiger partial charge in [-0.05, 0) is 57.2 Å². The lowest BCUT2D eigenvalue weighted by Crippen LogP contribution is -2.41. The van der Waals surface area contributed by atoms with Crippen LogP contribution in [0.2, 0.25) is 0 Å². The number of aromatic nitrogens is 1. The first-order valence-corrected chi connectivity index (χ1v) is 7.73. The third-order valence-corrected chi connectivity index (χ3v) is 3.21. The fourth-order valence-corrected chi connectivity index (χ4v) is 2.05. The molecular formula is C18H18F3N3O2. The number of rotatable bonds is 3. The maximum atomic E-state index is 12.6. The summed E-state index contributed by atoms with van der Waals surface area (Å²) in [6, 6.07) is 6.81. The van der Waals surface area contributed by atoms with Gasteiger partial charge < -0.3 is 10.6 Å². The van der Waals surface area contributed by atoms with Crippen molar-refractivity contribution in [2.45, 2.75) is 32.5 Å². The van der Waals surface area contributed by atoms with E-state index >= 15 is 0 Å². The molecule has 8 heteroatoms. The first kappa shape index (κ1) is 19.4. The molecule has 0 unspecified atom stereocenters. The lowest BCUT2D eigenvalue weighted by Gasteiger charge is -2.20. The van der Waals surface area contributed by atoms with Gasteiger partial charge in [0.05, 0.1) is 5.56 Å². The molecule has 138 valence electrons. The zero-order valence-corrected chi connectivity index (χ0v) is 14.4. The van der Waals surface area contributed by atoms with Crippen LogP contribution in [0.3, 0.4) is 0 Å². The Labute approximate surface area is 148 Å². The molecule has 5 nitrogen and oxygen atoms in total. The number of hydrogen-bond donors (Lipinski definition) is 2. The van der Waals surface area contributed by atoms with E-state index in [-0.39, 0.29) is 16.9 Å². The quantitative estimate of drug-likeness (QED) is 0.867. The Morgan fingerprint density at radius 2 is 1.58 bits per heavy atom. The van der Waals surface area contributed by atoms with Gasteiger partial charge in [0, 0.05) is 23.0 Å². The van der Waals surface area contributed by atoms with E-state index in [9.17, 15) is 22.8 Å². The van der Waals surface area contributed by atoms with Gasteiger partial charge in [0.1, 0.15) is 5.69 Å². The molecule has 2 rings (SSSR count). The predicted molar refractivity (Wildman–Crippen MR) is 90.9 cm³/mol. The smallest absolute Gasteiger partial charge is 0.346 e. The molecule has 1 aromatic carbocycles. The fraction of sp³-hybridized carbons (Fsp3) is 0.278. The van der Waals surface area contributed by atoms with Crippen molar-refractivity contribution in [1.29, 1.82) is 0 Å². The van der Waals surface area contributed by atoms with Crippen LogP contribution < -0.4 is 10.6 Å². The van der Waals surface area contributed by atoms with E-state index < -0.39 is 29.1 Å². The van der Waals surface area contributed by atoms with Crippen molar-refractivity contribution in [3.8, 4) is 0 Å². The average molecular weight is 365 g/mol. The van der Waals surface area contributed by atoms with E-state index in [2.05, 4.69) is 15.6 Å². The zero-order valence-electron chi connectivity index (χ0n) is 14.4. The molecule has 0 radical (unpaired) electrons. The number of anilines is 1. The summed E-state index contributed by atoms with van der Waals surface area (Å²) in [5.41, 5.74) is -0.822. The molecule has 0 aliphatic carbocycles. The summed E-state index contributed by atoms with van der Waals surface area (Å²) >= 11 is 0. The van der Waals surface area contributed by atoms with Crippen molar-refractivity contribution in [1.82, 2.24) is 10.3 Å². The molecule has 0 bridgehead atoms. The Morgan fingerprint density at radius 3 is 2.12 bits per heavy atom. The van der Waals surface area contributed by atoms with Gasteiger partial charge in [-0.25, -0.2) is 0 Å². The normalized spacial score (nSPS) is 11.8. The lowest BCUT2D eigenvalue weighted by atomic mass is 10.1. The number of nitrogens with zero attached hydrogens (tertiary/aromatic N) is 1. The summed E-state index contributed by atoms with van der Waals surface area (Å²) in [6.45, 7) is 5.43. The molecular weight excluding hydrogens is 347 g/mol. The van der Waals surface area contributed by atoms with E-state index in [0.29, 0.717) is 0 Å². The second-order valence-electron chi connectivity index (χ2n) is 6.66. The average Bonchev–Trinajstić information content (AvgIpc) is 2.53. The van der Waals surface area contributed by atoms with E-state index in [1.165, 1.54) is 18.3 Å². The van der Waals surface area contributed by atoms with Gasteiger partial charge in [-0.1, -0.05) is 0 Å². The molecule has 1 aromatic heterocycles. The maximum absolute atomic E-state index is 12.6. The van der Waals surface area contributed by atoms with Gasteiger partial charge in [0.25, 0.3) is 11.8 Å². The SMILES string of the molecule is CC(C)(C)NC(=O)c1cc(C(=O)Nc2ccc(C(F)(F)F)cc2)ccn1. The molecule has 26 heavy (non-hydrogen) atoms. The van der Waals surface area contributed by atoms with Gasteiger partial charge in [0.2, 0.25) is 0 Å². The molecule has 0 aliphatic heterocycles. The van der Waals surface area contributed by atoms with Crippen LogP contribution in [0.15, 0.2) is 42.6 Å². The molecule has 0 aliphatic rings. The van der Waals surface area contributed by atoms with Gasteiger partial charge in [-0.3, -0.25) is 14.6 Å². The first-order chi connectivity index (χ1) is 12.0. The van der Waals surface area contributed by atoms with Crippen molar-refractivity contribution in [2.75, 3.05) is 5.32 Å². The van der Waals surface area contributed by atoms with Crippen molar-refractivity contribution in [3.05, 3.63) is 59.4 Å². The van der Waals surface area contributed by atoms with Crippen LogP contribution in [-0.4, -0.2) is 22.3 Å². The number of carbonyl (C=O) groups is 2. The van der Waals surface area contributed by atoms with Crippen molar-refractivity contribution >= 4 is 17.5 Å². The highest BCUT2D eigenvalue weighted by Crippen LogP contribution is 2.29. The largest absolute Gasteiger partial charge is 0.416 e. The minimum absolute atomic E-state index is 0.0694. The van der Waals surface area contributed by atoms with Crippen molar-refractivity contribution in [3.63, 3.8) is 0 Å². The van der Waals surface area contributed by atoms with Crippen LogP contribution in [0.25, 0.3) is 0 Å². The first-order valence-electron chi connectivity index (χ1n) is 7.73. The van der Waals surface area contributed by atoms with E-state index in [0.717, 1.165) is 24.3 Å². The Kier molecular flexibility index (Phi) is 5.34. The minimum Gasteiger partial charge on any atom is -0.346 e. The fourth-order valence-electron chi connectivity index (χ4n) is 2.05. The summed E-state index contributed by atoms with van der Waals surface area (Å²) in [7, 11) is 0. The number of benzene rings is 1. The van der Waals surface area contributed by atoms with Crippen LogP contribution in [0.5, 0.6) is 0 Å². The van der Waals surface area contributed by atoms with Crippen LogP contribution >= 0.6 is 0 Å². The molecule has 2 aromatic rings. The van der Waals surface area contributed by atoms with E-state index in [1.807, 2.05) is 20.8 Å². The van der Waals surface area contributed by atoms with Gasteiger partial charge in [0.15, 0.2) is 0 Å². The molecule has 1 heterocycles. The number of nitrogens with one attached hydrogen (secondary N) is 2. The van der Waals surface area contributed by atoms with Crippen LogP contribution in [0.1, 0.15) is 47.2 Å². The molecule has 0 atom stereocenters. The zero-order chi connectivity index (χ0) is 19.5. The van der Waals surface area contributed by atoms with Crippen LogP contribution in [-0.2, 0) is 6.18 Å². The Bertz CT molecular complexity index is 810. The van der Waals surface area contributed by atoms with Crippen LogP contribution in [0.4, 0.5) is 18.9 Å². The third kappa shape index (κ3) is 5.30. The number of hydrogen-bond acceptors (Lipinski definition) is 3. The Balaban J connectivity index is 2.13. The number of carbonyl (C=O) groups excluding carboxylic acids is 2. The molecule has 0 spiro atoms. The standard InChI is InChI=1S/C18H18F3N3O2/c1-17(2,3)24-16(26)14-10-11(8-9-22-14)15(25)23-13-6-4-12(5-7-13)18(19,20)21/h4-10H,1-3H3,(H,23,25)(H,24,26). The summed E-state index contributed by atoms with van der Waals surface area (Å²) in [5, 5.41) is 5.22. The second kappa shape index (κ2) is 7.15. The molecule has 0 saturated carbocycles. The second-order valence-corrected chi connectivity index (χ2v) is 6.66. The Morgan fingerprint density at radius 1 is 0.962 bits per heavy atom. The van der Waals surface area contributed by atoms with Gasteiger partial charge in [-0.2, -0.15) is 13.2 Å². The lowest BCUT2D eigenvalue weighted by molar-refractivity contribution is -0.137. The van der Waals surface area contributed by atoms with Gasteiger partial charge in [-0.15, -0.1) is 0 Å². The van der Waals surface area contributed by atoms with E-state index in [4.69, 9.17) is 0 Å². The van der Waals surface area contributed by atoms with E-state index in [1.54, 1.807) is 0 Å². The number of alkyl halides is 3. The highest BCUT2D eigenvalue weighted by Gasteiger charge is 2.30. The summed E-state index contributed by atoms with van der Waals surface area (Å²) in [4.78, 5) is 28.3. The van der Waals surface area contributed by atoms with Crippen LogP contribution in [0, 0.1) is 0 Å². The maximum Gasteiger partial charge on any atom is 0.416 e. The minimum atomic E-state index is -4.44. The summed E-state index contributed by atoms with van der Waals surface area (Å²) < 4.78 is 37.7. The highest BCUT2D eigenvalue weighted by molar-refractivity contribution is 6.05. The molecule has 0 fully saturated rings. The van der Waals surface area contributed by atoms with Gasteiger partial charge >= 0.3 is 6.18 Å². The topological polar surface area (TPSA) is 71.1 Å². The Hall–Kier alpha value is -2.90. The highest BCUT2D eigenvalue weighted by atomic mass is 19.4. The number of halogens is 3. The summed E-state index contributed by atoms with van der Waals surface area (Å²) in [5.74, 6) is -0.987. The molecule has 2 amide bonds. The monoisotopic (exact) mass is 365 g/mol. The molecule has 0 saturated heterocycles. The predicted octanol–water partition coefficient (Wildman–Crippen LogP) is 3.88. The third-order valence-electron chi connectivity index (χ3n) is 3.21. The number of amides is 2. The van der Waals surface area contributed by atoms with Crippen molar-refractivity contribution < 1.29 is 22.8 Å². The summed E-state index contributed by atoms with van der Waals surface area (Å²) in [6.07, 6.45) is -3.12.